The number of piperazine rings is 2. The summed E-state index contributed by atoms with van der Waals surface area (Å²) in [6.45, 7) is 19.5. The van der Waals surface area contributed by atoms with Gasteiger partial charge < -0.3 is 14.9 Å². The van der Waals surface area contributed by atoms with Gasteiger partial charge in [0.25, 0.3) is 0 Å². The average Bonchev–Trinajstić information content (AvgIpc) is 3.27. The summed E-state index contributed by atoms with van der Waals surface area (Å²) in [6, 6.07) is 4.53. The zero-order valence-electron chi connectivity index (χ0n) is 23.1. The summed E-state index contributed by atoms with van der Waals surface area (Å²) in [4.78, 5) is 11.5. The normalized spacial score (nSPS) is 18.6. The third-order valence-electron chi connectivity index (χ3n) is 7.83. The van der Waals surface area contributed by atoms with Crippen molar-refractivity contribution in [2.24, 2.45) is 0 Å². The fourth-order valence-electron chi connectivity index (χ4n) is 5.65. The Morgan fingerprint density at radius 2 is 1.22 bits per heavy atom. The molecular weight excluding hydrogens is 517 g/mol. The molecule has 0 atom stereocenters. The van der Waals surface area contributed by atoms with Gasteiger partial charge in [-0.25, -0.2) is 0 Å². The summed E-state index contributed by atoms with van der Waals surface area (Å²) in [5.41, 5.74) is 4.75. The van der Waals surface area contributed by atoms with E-state index in [-0.39, 0.29) is 0 Å². The topological polar surface area (TPSA) is 33.2 Å². The van der Waals surface area contributed by atoms with Gasteiger partial charge in [0.15, 0.2) is 0 Å². The van der Waals surface area contributed by atoms with E-state index >= 15 is 0 Å². The second-order valence-corrected chi connectivity index (χ2v) is 13.6. The molecule has 0 radical (unpaired) electrons. The number of rotatable bonds is 12. The maximum absolute atomic E-state index is 11.5. The second kappa shape index (κ2) is 14.5. The minimum atomic E-state index is 0.504. The lowest BCUT2D eigenvalue weighted by Gasteiger charge is -2.35. The molecule has 2 saturated heterocycles. The molecule has 37 heavy (non-hydrogen) atoms. The van der Waals surface area contributed by atoms with Crippen LogP contribution >= 0.6 is 32.9 Å². The van der Waals surface area contributed by atoms with E-state index in [1.807, 2.05) is 10.3 Å². The SMILES string of the molecule is CCCCc1c(-c2cc(CN3CCN(CCC)CC3)c(O)c(CN3CCN(CCC)CC3)c2)ssc1=S. The van der Waals surface area contributed by atoms with Gasteiger partial charge in [0.1, 0.15) is 9.57 Å². The van der Waals surface area contributed by atoms with Gasteiger partial charge in [-0.15, -0.1) is 0 Å². The number of aromatic hydroxyl groups is 1. The van der Waals surface area contributed by atoms with Crippen LogP contribution in [-0.2, 0) is 19.5 Å². The van der Waals surface area contributed by atoms with Gasteiger partial charge in [-0.05, 0) is 62.0 Å². The summed E-state index contributed by atoms with van der Waals surface area (Å²) in [5, 5.41) is 11.5. The van der Waals surface area contributed by atoms with Crippen LogP contribution in [0.3, 0.4) is 0 Å². The Bertz CT molecular complexity index is 987. The van der Waals surface area contributed by atoms with Crippen molar-refractivity contribution in [2.75, 3.05) is 65.4 Å². The van der Waals surface area contributed by atoms with Crippen LogP contribution < -0.4 is 0 Å². The number of phenols is 1. The van der Waals surface area contributed by atoms with Crippen molar-refractivity contribution in [3.63, 3.8) is 0 Å². The predicted octanol–water partition coefficient (Wildman–Crippen LogP) is 6.31. The third kappa shape index (κ3) is 7.84. The number of hydrogen-bond acceptors (Lipinski definition) is 8. The number of phenolic OH excluding ortho intramolecular Hbond substituents is 1. The monoisotopic (exact) mass is 562 g/mol. The van der Waals surface area contributed by atoms with Crippen molar-refractivity contribution in [1.29, 1.82) is 0 Å². The number of hydrogen-bond donors (Lipinski definition) is 1. The molecule has 8 heteroatoms. The lowest BCUT2D eigenvalue weighted by molar-refractivity contribution is 0.124. The van der Waals surface area contributed by atoms with Crippen molar-refractivity contribution < 1.29 is 5.11 Å². The van der Waals surface area contributed by atoms with Crippen LogP contribution in [-0.4, -0.2) is 90.2 Å². The summed E-state index contributed by atoms with van der Waals surface area (Å²) >= 11 is 5.76. The molecule has 0 aliphatic carbocycles. The van der Waals surface area contributed by atoms with E-state index in [1.165, 1.54) is 54.8 Å². The van der Waals surface area contributed by atoms with E-state index in [4.69, 9.17) is 12.2 Å². The molecule has 2 aliphatic rings. The molecule has 1 aromatic heterocycles. The molecule has 4 rings (SSSR count). The standard InChI is InChI=1S/C29H46N4OS3/c1-4-7-8-26-28(36-37-29(26)35)23-19-24(21-32-15-11-30(9-5-2)12-16-32)27(34)25(20-23)22-33-17-13-31(10-6-3)14-18-33/h19-20,34H,4-18,21-22H2,1-3H3. The quantitative estimate of drug-likeness (QED) is 0.241. The van der Waals surface area contributed by atoms with Crippen molar-refractivity contribution in [3.05, 3.63) is 32.6 Å². The molecule has 0 bridgehead atoms. The molecule has 0 saturated carbocycles. The largest absolute Gasteiger partial charge is 0.507 e. The van der Waals surface area contributed by atoms with Crippen molar-refractivity contribution in [2.45, 2.75) is 66.0 Å². The predicted molar refractivity (Wildman–Crippen MR) is 163 cm³/mol. The molecule has 5 nitrogen and oxygen atoms in total. The third-order valence-corrected chi connectivity index (χ3v) is 11.0. The Morgan fingerprint density at radius 1 is 0.730 bits per heavy atom. The Kier molecular flexibility index (Phi) is 11.4. The van der Waals surface area contributed by atoms with E-state index in [9.17, 15) is 5.11 Å². The van der Waals surface area contributed by atoms with Gasteiger partial charge in [0.05, 0.1) is 4.88 Å². The Labute approximate surface area is 237 Å². The minimum absolute atomic E-state index is 0.504. The van der Waals surface area contributed by atoms with Gasteiger partial charge in [-0.1, -0.05) is 60.1 Å². The van der Waals surface area contributed by atoms with E-state index in [1.54, 1.807) is 10.3 Å². The highest BCUT2D eigenvalue weighted by Crippen LogP contribution is 2.39. The molecule has 3 heterocycles. The maximum atomic E-state index is 11.5. The fraction of sp³-hybridized carbons (Fsp3) is 0.690. The smallest absolute Gasteiger partial charge is 0.124 e. The lowest BCUT2D eigenvalue weighted by atomic mass is 9.98. The van der Waals surface area contributed by atoms with Gasteiger partial charge in [-0.3, -0.25) is 9.80 Å². The first kappa shape index (κ1) is 29.1. The molecule has 2 aliphatic heterocycles. The van der Waals surface area contributed by atoms with E-state index < -0.39 is 0 Å². The van der Waals surface area contributed by atoms with Crippen LogP contribution in [0.25, 0.3) is 10.4 Å². The molecule has 0 unspecified atom stereocenters. The van der Waals surface area contributed by atoms with Gasteiger partial charge in [0, 0.05) is 76.6 Å². The zero-order chi connectivity index (χ0) is 26.2. The highest BCUT2D eigenvalue weighted by atomic mass is 32.9. The summed E-state index contributed by atoms with van der Waals surface area (Å²) in [5.74, 6) is 0.504. The molecule has 2 fully saturated rings. The van der Waals surface area contributed by atoms with E-state index in [0.717, 1.165) is 86.8 Å². The molecule has 206 valence electrons. The first-order chi connectivity index (χ1) is 18.0. The Morgan fingerprint density at radius 3 is 1.68 bits per heavy atom. The minimum Gasteiger partial charge on any atom is -0.507 e. The number of unbranched alkanes of at least 4 members (excludes halogenated alkanes) is 1. The highest BCUT2D eigenvalue weighted by Gasteiger charge is 2.23. The molecule has 1 N–H and O–H groups in total. The molecule has 0 spiro atoms. The molecule has 1 aromatic carbocycles. The van der Waals surface area contributed by atoms with Crippen LogP contribution in [0.5, 0.6) is 5.75 Å². The van der Waals surface area contributed by atoms with Crippen LogP contribution in [0.4, 0.5) is 0 Å². The van der Waals surface area contributed by atoms with Crippen molar-refractivity contribution in [3.8, 4) is 16.2 Å². The Balaban J connectivity index is 1.58. The molecular formula is C29H46N4OS3. The lowest BCUT2D eigenvalue weighted by Crippen LogP contribution is -2.46. The van der Waals surface area contributed by atoms with Crippen LogP contribution in [0, 0.1) is 3.82 Å². The second-order valence-electron chi connectivity index (χ2n) is 10.7. The average molecular weight is 563 g/mol. The van der Waals surface area contributed by atoms with E-state index in [0.29, 0.717) is 5.75 Å². The van der Waals surface area contributed by atoms with Crippen LogP contribution in [0.15, 0.2) is 12.1 Å². The molecule has 2 aromatic rings. The van der Waals surface area contributed by atoms with E-state index in [2.05, 4.69) is 52.5 Å². The summed E-state index contributed by atoms with van der Waals surface area (Å²) in [6.07, 6.45) is 5.82. The number of benzene rings is 1. The summed E-state index contributed by atoms with van der Waals surface area (Å²) < 4.78 is 1.05. The van der Waals surface area contributed by atoms with Crippen molar-refractivity contribution >= 4 is 32.9 Å². The first-order valence-corrected chi connectivity index (χ1v) is 16.9. The summed E-state index contributed by atoms with van der Waals surface area (Å²) in [7, 11) is 3.56. The fourth-order valence-corrected chi connectivity index (χ4v) is 8.64. The van der Waals surface area contributed by atoms with Crippen LogP contribution in [0.1, 0.15) is 63.1 Å². The number of nitrogens with zero attached hydrogens (tertiary/aromatic N) is 4. The first-order valence-electron chi connectivity index (χ1n) is 14.4. The zero-order valence-corrected chi connectivity index (χ0v) is 25.6. The van der Waals surface area contributed by atoms with Gasteiger partial charge >= 0.3 is 0 Å². The van der Waals surface area contributed by atoms with Crippen molar-refractivity contribution in [1.82, 2.24) is 19.6 Å². The van der Waals surface area contributed by atoms with Crippen LogP contribution in [0.2, 0.25) is 0 Å². The van der Waals surface area contributed by atoms with Gasteiger partial charge in [0.2, 0.25) is 0 Å². The maximum Gasteiger partial charge on any atom is 0.124 e. The highest BCUT2D eigenvalue weighted by molar-refractivity contribution is 7.80. The molecule has 0 amide bonds. The Hall–Kier alpha value is -0.870. The van der Waals surface area contributed by atoms with Gasteiger partial charge in [-0.2, -0.15) is 0 Å².